The third-order valence-corrected chi connectivity index (χ3v) is 5.07. The molecule has 0 spiro atoms. The lowest BCUT2D eigenvalue weighted by molar-refractivity contribution is 0.219. The van der Waals surface area contributed by atoms with E-state index in [1.54, 1.807) is 0 Å². The molecular weight excluding hydrogens is 350 g/mol. The number of thiocarbonyl (C=S) groups is 1. The van der Waals surface area contributed by atoms with Gasteiger partial charge in [-0.15, -0.1) is 0 Å². The topological polar surface area (TPSA) is 27.3 Å². The normalized spacial score (nSPS) is 12.0. The van der Waals surface area contributed by atoms with Crippen molar-refractivity contribution in [1.82, 2.24) is 10.2 Å². The highest BCUT2D eigenvalue weighted by molar-refractivity contribution is 7.80. The molecule has 0 bridgehead atoms. The van der Waals surface area contributed by atoms with E-state index in [9.17, 15) is 0 Å². The van der Waals surface area contributed by atoms with Gasteiger partial charge in [0.2, 0.25) is 0 Å². The Morgan fingerprint density at radius 1 is 1.08 bits per heavy atom. The summed E-state index contributed by atoms with van der Waals surface area (Å²) in [7, 11) is 0. The van der Waals surface area contributed by atoms with Crippen LogP contribution in [0.4, 0.5) is 5.69 Å². The highest BCUT2D eigenvalue weighted by Crippen LogP contribution is 2.23. The van der Waals surface area contributed by atoms with Gasteiger partial charge in [0, 0.05) is 17.3 Å². The van der Waals surface area contributed by atoms with Gasteiger partial charge in [-0.25, -0.2) is 0 Å². The van der Waals surface area contributed by atoms with Gasteiger partial charge in [-0.3, -0.25) is 4.90 Å². The summed E-state index contributed by atoms with van der Waals surface area (Å²) in [5.74, 6) is 0. The molecular formula is C20H26ClN3S. The van der Waals surface area contributed by atoms with Crippen LogP contribution >= 0.6 is 23.8 Å². The molecule has 2 N–H and O–H groups in total. The third kappa shape index (κ3) is 5.43. The van der Waals surface area contributed by atoms with Crippen LogP contribution in [0.1, 0.15) is 31.0 Å². The monoisotopic (exact) mass is 375 g/mol. The van der Waals surface area contributed by atoms with Gasteiger partial charge in [0.15, 0.2) is 5.11 Å². The van der Waals surface area contributed by atoms with Crippen LogP contribution in [-0.4, -0.2) is 29.6 Å². The second kappa shape index (κ2) is 9.76. The predicted octanol–water partition coefficient (Wildman–Crippen LogP) is 5.02. The molecule has 2 aromatic rings. The molecule has 2 rings (SSSR count). The number of nitrogens with zero attached hydrogens (tertiary/aromatic N) is 1. The Labute approximate surface area is 161 Å². The maximum atomic E-state index is 6.17. The molecule has 25 heavy (non-hydrogen) atoms. The first-order chi connectivity index (χ1) is 12.1. The Morgan fingerprint density at radius 2 is 1.76 bits per heavy atom. The van der Waals surface area contributed by atoms with Crippen molar-refractivity contribution in [2.24, 2.45) is 0 Å². The summed E-state index contributed by atoms with van der Waals surface area (Å²) in [5, 5.41) is 7.96. The lowest BCUT2D eigenvalue weighted by Crippen LogP contribution is -2.39. The molecule has 3 nitrogen and oxygen atoms in total. The smallest absolute Gasteiger partial charge is 0.170 e. The van der Waals surface area contributed by atoms with Gasteiger partial charge >= 0.3 is 0 Å². The lowest BCUT2D eigenvalue weighted by atomic mass is 10.1. The van der Waals surface area contributed by atoms with Crippen molar-refractivity contribution in [3.63, 3.8) is 0 Å². The summed E-state index contributed by atoms with van der Waals surface area (Å²) >= 11 is 11.7. The lowest BCUT2D eigenvalue weighted by Gasteiger charge is -2.30. The molecule has 0 saturated heterocycles. The Bertz CT molecular complexity index is 687. The van der Waals surface area contributed by atoms with Gasteiger partial charge in [0.1, 0.15) is 0 Å². The summed E-state index contributed by atoms with van der Waals surface area (Å²) < 4.78 is 0. The molecule has 2 aromatic carbocycles. The summed E-state index contributed by atoms with van der Waals surface area (Å²) in [6, 6.07) is 16.6. The molecule has 5 heteroatoms. The predicted molar refractivity (Wildman–Crippen MR) is 113 cm³/mol. The second-order valence-corrected chi connectivity index (χ2v) is 6.71. The fourth-order valence-electron chi connectivity index (χ4n) is 2.90. The zero-order chi connectivity index (χ0) is 18.2. The van der Waals surface area contributed by atoms with Gasteiger partial charge in [-0.2, -0.15) is 0 Å². The molecule has 0 fully saturated rings. The SMILES string of the molecule is CCN(CC)[C@@H](CNC(=S)Nc1cccc(Cl)c1C)c1ccccc1. The van der Waals surface area contributed by atoms with E-state index < -0.39 is 0 Å². The molecule has 0 aliphatic rings. The molecule has 0 unspecified atom stereocenters. The van der Waals surface area contributed by atoms with E-state index in [-0.39, 0.29) is 6.04 Å². The molecule has 0 aromatic heterocycles. The van der Waals surface area contributed by atoms with Crippen LogP contribution in [0.3, 0.4) is 0 Å². The van der Waals surface area contributed by atoms with Gasteiger partial charge < -0.3 is 10.6 Å². The van der Waals surface area contributed by atoms with Crippen LogP contribution < -0.4 is 10.6 Å². The van der Waals surface area contributed by atoms with E-state index in [1.807, 2.05) is 31.2 Å². The summed E-state index contributed by atoms with van der Waals surface area (Å²) in [6.07, 6.45) is 0. The Balaban J connectivity index is 2.04. The number of hydrogen-bond donors (Lipinski definition) is 2. The maximum absolute atomic E-state index is 6.17. The number of rotatable bonds is 7. The first-order valence-corrected chi connectivity index (χ1v) is 9.44. The van der Waals surface area contributed by atoms with Crippen LogP contribution in [0.15, 0.2) is 48.5 Å². The Hall–Kier alpha value is -1.62. The van der Waals surface area contributed by atoms with E-state index in [0.717, 1.165) is 35.9 Å². The molecule has 0 heterocycles. The Morgan fingerprint density at radius 3 is 2.40 bits per heavy atom. The standard InChI is InChI=1S/C20H26ClN3S/c1-4-24(5-2)19(16-10-7-6-8-11-16)14-22-20(25)23-18-13-9-12-17(21)15(18)3/h6-13,19H,4-5,14H2,1-3H3,(H2,22,23,25)/t19-/m0/s1. The van der Waals surface area contributed by atoms with Crippen LogP contribution in [-0.2, 0) is 0 Å². The van der Waals surface area contributed by atoms with Crippen LogP contribution in [0.2, 0.25) is 5.02 Å². The van der Waals surface area contributed by atoms with Crippen LogP contribution in [0, 0.1) is 6.92 Å². The Kier molecular flexibility index (Phi) is 7.69. The number of hydrogen-bond acceptors (Lipinski definition) is 2. The molecule has 134 valence electrons. The maximum Gasteiger partial charge on any atom is 0.170 e. The van der Waals surface area contributed by atoms with Crippen molar-refractivity contribution in [3.05, 3.63) is 64.7 Å². The zero-order valence-electron chi connectivity index (χ0n) is 15.1. The molecule has 0 aliphatic carbocycles. The quantitative estimate of drug-likeness (QED) is 0.664. The fraction of sp³-hybridized carbons (Fsp3) is 0.350. The number of halogens is 1. The third-order valence-electron chi connectivity index (χ3n) is 4.41. The van der Waals surface area contributed by atoms with E-state index in [1.165, 1.54) is 5.56 Å². The highest BCUT2D eigenvalue weighted by atomic mass is 35.5. The number of likely N-dealkylation sites (N-methyl/N-ethyl adjacent to an activating group) is 1. The molecule has 0 saturated carbocycles. The van der Waals surface area contributed by atoms with E-state index >= 15 is 0 Å². The first kappa shape index (κ1) is 19.7. The molecule has 1 atom stereocenters. The van der Waals surface area contributed by atoms with E-state index in [2.05, 4.69) is 53.6 Å². The largest absolute Gasteiger partial charge is 0.361 e. The van der Waals surface area contributed by atoms with Crippen molar-refractivity contribution in [2.75, 3.05) is 25.0 Å². The average molecular weight is 376 g/mol. The van der Waals surface area contributed by atoms with Gasteiger partial charge in [-0.1, -0.05) is 61.8 Å². The minimum Gasteiger partial charge on any atom is -0.361 e. The molecule has 0 radical (unpaired) electrons. The summed E-state index contributed by atoms with van der Waals surface area (Å²) in [5.41, 5.74) is 3.22. The van der Waals surface area contributed by atoms with Crippen LogP contribution in [0.25, 0.3) is 0 Å². The van der Waals surface area contributed by atoms with Gasteiger partial charge in [0.25, 0.3) is 0 Å². The molecule has 0 amide bonds. The minimum atomic E-state index is 0.274. The molecule has 0 aliphatic heterocycles. The fourth-order valence-corrected chi connectivity index (χ4v) is 3.26. The van der Waals surface area contributed by atoms with E-state index in [0.29, 0.717) is 5.11 Å². The first-order valence-electron chi connectivity index (χ1n) is 8.65. The van der Waals surface area contributed by atoms with Crippen LogP contribution in [0.5, 0.6) is 0 Å². The minimum absolute atomic E-state index is 0.274. The van der Waals surface area contributed by atoms with Crippen molar-refractivity contribution >= 4 is 34.6 Å². The van der Waals surface area contributed by atoms with E-state index in [4.69, 9.17) is 23.8 Å². The van der Waals surface area contributed by atoms with Crippen molar-refractivity contribution in [2.45, 2.75) is 26.8 Å². The summed E-state index contributed by atoms with van der Waals surface area (Å²) in [4.78, 5) is 2.43. The van der Waals surface area contributed by atoms with Crippen molar-refractivity contribution in [1.29, 1.82) is 0 Å². The van der Waals surface area contributed by atoms with Gasteiger partial charge in [-0.05, 0) is 55.5 Å². The average Bonchev–Trinajstić information content (AvgIpc) is 2.63. The highest BCUT2D eigenvalue weighted by Gasteiger charge is 2.18. The number of nitrogens with one attached hydrogen (secondary N) is 2. The van der Waals surface area contributed by atoms with Crippen molar-refractivity contribution < 1.29 is 0 Å². The number of anilines is 1. The summed E-state index contributed by atoms with van der Waals surface area (Å²) in [6.45, 7) is 9.08. The second-order valence-electron chi connectivity index (χ2n) is 5.90. The van der Waals surface area contributed by atoms with Gasteiger partial charge in [0.05, 0.1) is 6.04 Å². The van der Waals surface area contributed by atoms with Crippen molar-refractivity contribution in [3.8, 4) is 0 Å². The zero-order valence-corrected chi connectivity index (χ0v) is 16.6. The number of benzene rings is 2.